The fourth-order valence-electron chi connectivity index (χ4n) is 1.41. The Morgan fingerprint density at radius 1 is 1.39 bits per heavy atom. The minimum atomic E-state index is -0.0494. The van der Waals surface area contributed by atoms with Crippen LogP contribution in [0.25, 0.3) is 0 Å². The Labute approximate surface area is 113 Å². The molecular weight excluding hydrogens is 256 g/mol. The zero-order chi connectivity index (χ0) is 12.7. The van der Waals surface area contributed by atoms with Gasteiger partial charge in [-0.05, 0) is 24.6 Å². The first kappa shape index (κ1) is 16.5. The second-order valence-electron chi connectivity index (χ2n) is 3.60. The largest absolute Gasteiger partial charge is 0.495 e. The predicted molar refractivity (Wildman–Crippen MR) is 74.4 cm³/mol. The number of hydrogen-bond donors (Lipinski definition) is 2. The van der Waals surface area contributed by atoms with E-state index >= 15 is 0 Å². The first-order valence-corrected chi connectivity index (χ1v) is 5.39. The molecule has 18 heavy (non-hydrogen) atoms. The third-order valence-electron chi connectivity index (χ3n) is 2.27. The fraction of sp³-hybridized carbons (Fsp3) is 0.417. The summed E-state index contributed by atoms with van der Waals surface area (Å²) in [6, 6.07) is 5.15. The van der Waals surface area contributed by atoms with Gasteiger partial charge in [-0.25, -0.2) is 0 Å². The van der Waals surface area contributed by atoms with Gasteiger partial charge in [0.15, 0.2) is 0 Å². The molecule has 0 saturated heterocycles. The van der Waals surface area contributed by atoms with Crippen molar-refractivity contribution >= 4 is 29.7 Å². The van der Waals surface area contributed by atoms with Crippen LogP contribution in [-0.4, -0.2) is 26.7 Å². The number of nitrogen functional groups attached to an aromatic ring is 1. The number of halogens is 1. The molecule has 102 valence electrons. The average Bonchev–Trinajstić information content (AvgIpc) is 2.29. The van der Waals surface area contributed by atoms with Gasteiger partial charge in [0, 0.05) is 25.8 Å². The number of hydrogen-bond acceptors (Lipinski definition) is 4. The Kier molecular flexibility index (Phi) is 7.91. The molecule has 0 aliphatic carbocycles. The molecule has 0 aliphatic heterocycles. The van der Waals surface area contributed by atoms with Gasteiger partial charge in [-0.1, -0.05) is 0 Å². The van der Waals surface area contributed by atoms with Crippen molar-refractivity contribution in [2.45, 2.75) is 12.8 Å². The van der Waals surface area contributed by atoms with Crippen LogP contribution in [0, 0.1) is 0 Å². The second-order valence-corrected chi connectivity index (χ2v) is 3.60. The number of carbonyl (C=O) groups is 1. The van der Waals surface area contributed by atoms with E-state index in [0.29, 0.717) is 36.6 Å². The lowest BCUT2D eigenvalue weighted by molar-refractivity contribution is -0.116. The summed E-state index contributed by atoms with van der Waals surface area (Å²) in [5.41, 5.74) is 6.91. The standard InChI is InChI=1S/C12H18N2O3.ClH/c1-16-7-3-4-12(15)14-9-5-6-11(17-2)10(13)8-9;/h5-6,8H,3-4,7,13H2,1-2H3,(H,14,15);1H. The smallest absolute Gasteiger partial charge is 0.224 e. The van der Waals surface area contributed by atoms with E-state index in [2.05, 4.69) is 5.32 Å². The highest BCUT2D eigenvalue weighted by molar-refractivity contribution is 5.91. The summed E-state index contributed by atoms with van der Waals surface area (Å²) in [7, 11) is 3.16. The van der Waals surface area contributed by atoms with E-state index in [0.717, 1.165) is 0 Å². The molecule has 0 bridgehead atoms. The van der Waals surface area contributed by atoms with Gasteiger partial charge in [0.1, 0.15) is 5.75 Å². The van der Waals surface area contributed by atoms with E-state index in [-0.39, 0.29) is 18.3 Å². The molecular formula is C12H19ClN2O3. The summed E-state index contributed by atoms with van der Waals surface area (Å²) in [4.78, 5) is 11.5. The van der Waals surface area contributed by atoms with E-state index in [1.54, 1.807) is 32.4 Å². The summed E-state index contributed by atoms with van der Waals surface area (Å²) in [5, 5.41) is 2.76. The van der Waals surface area contributed by atoms with Gasteiger partial charge in [-0.3, -0.25) is 4.79 Å². The predicted octanol–water partition coefficient (Wildman–Crippen LogP) is 2.06. The molecule has 0 saturated carbocycles. The third-order valence-corrected chi connectivity index (χ3v) is 2.27. The Morgan fingerprint density at radius 2 is 2.11 bits per heavy atom. The monoisotopic (exact) mass is 274 g/mol. The maximum atomic E-state index is 11.5. The number of anilines is 2. The molecule has 5 nitrogen and oxygen atoms in total. The maximum Gasteiger partial charge on any atom is 0.224 e. The minimum absolute atomic E-state index is 0. The molecule has 0 atom stereocenters. The number of carbonyl (C=O) groups excluding carboxylic acids is 1. The molecule has 0 unspecified atom stereocenters. The molecule has 1 rings (SSSR count). The zero-order valence-corrected chi connectivity index (χ0v) is 11.4. The highest BCUT2D eigenvalue weighted by atomic mass is 35.5. The summed E-state index contributed by atoms with van der Waals surface area (Å²) >= 11 is 0. The Bertz CT molecular complexity index is 386. The van der Waals surface area contributed by atoms with Crippen LogP contribution in [0.4, 0.5) is 11.4 Å². The van der Waals surface area contributed by atoms with Crippen molar-refractivity contribution in [2.24, 2.45) is 0 Å². The van der Waals surface area contributed by atoms with Crippen LogP contribution in [0.15, 0.2) is 18.2 Å². The van der Waals surface area contributed by atoms with Gasteiger partial charge < -0.3 is 20.5 Å². The molecule has 0 fully saturated rings. The Hall–Kier alpha value is -1.46. The molecule has 6 heteroatoms. The van der Waals surface area contributed by atoms with Crippen molar-refractivity contribution in [3.05, 3.63) is 18.2 Å². The number of ether oxygens (including phenoxy) is 2. The Balaban J connectivity index is 0.00000289. The Morgan fingerprint density at radius 3 is 2.67 bits per heavy atom. The van der Waals surface area contributed by atoms with Gasteiger partial charge in [0.25, 0.3) is 0 Å². The van der Waals surface area contributed by atoms with Crippen molar-refractivity contribution in [1.29, 1.82) is 0 Å². The van der Waals surface area contributed by atoms with E-state index in [1.807, 2.05) is 0 Å². The molecule has 0 radical (unpaired) electrons. The van der Waals surface area contributed by atoms with Crippen LogP contribution >= 0.6 is 12.4 Å². The number of amides is 1. The van der Waals surface area contributed by atoms with Gasteiger partial charge in [-0.15, -0.1) is 12.4 Å². The van der Waals surface area contributed by atoms with E-state index in [9.17, 15) is 4.79 Å². The number of methoxy groups -OCH3 is 2. The topological polar surface area (TPSA) is 73.6 Å². The van der Waals surface area contributed by atoms with Crippen LogP contribution in [0.5, 0.6) is 5.75 Å². The van der Waals surface area contributed by atoms with E-state index < -0.39 is 0 Å². The molecule has 0 spiro atoms. The second kappa shape index (κ2) is 8.60. The molecule has 1 aromatic rings. The van der Waals surface area contributed by atoms with Crippen molar-refractivity contribution in [3.8, 4) is 5.75 Å². The van der Waals surface area contributed by atoms with Gasteiger partial charge in [0.2, 0.25) is 5.91 Å². The van der Waals surface area contributed by atoms with Crippen molar-refractivity contribution in [3.63, 3.8) is 0 Å². The van der Waals surface area contributed by atoms with Gasteiger partial charge in [-0.2, -0.15) is 0 Å². The minimum Gasteiger partial charge on any atom is -0.495 e. The average molecular weight is 275 g/mol. The van der Waals surface area contributed by atoms with Crippen LogP contribution in [0.2, 0.25) is 0 Å². The first-order valence-electron chi connectivity index (χ1n) is 5.39. The molecule has 1 amide bonds. The molecule has 3 N–H and O–H groups in total. The van der Waals surface area contributed by atoms with Crippen LogP contribution in [0.1, 0.15) is 12.8 Å². The lowest BCUT2D eigenvalue weighted by Crippen LogP contribution is -2.12. The number of benzene rings is 1. The summed E-state index contributed by atoms with van der Waals surface area (Å²) < 4.78 is 9.91. The number of rotatable bonds is 6. The number of nitrogens with one attached hydrogen (secondary N) is 1. The highest BCUT2D eigenvalue weighted by Gasteiger charge is 2.04. The molecule has 0 aliphatic rings. The normalized spacial score (nSPS) is 9.44. The third kappa shape index (κ3) is 5.25. The van der Waals surface area contributed by atoms with E-state index in [1.165, 1.54) is 0 Å². The maximum absolute atomic E-state index is 11.5. The SMILES string of the molecule is COCCCC(=O)Nc1ccc(OC)c(N)c1.Cl. The molecule has 0 aromatic heterocycles. The lowest BCUT2D eigenvalue weighted by atomic mass is 10.2. The molecule has 1 aromatic carbocycles. The summed E-state index contributed by atoms with van der Waals surface area (Å²) in [6.45, 7) is 0.582. The quantitative estimate of drug-likeness (QED) is 0.615. The van der Waals surface area contributed by atoms with Crippen LogP contribution in [0.3, 0.4) is 0 Å². The summed E-state index contributed by atoms with van der Waals surface area (Å²) in [6.07, 6.45) is 1.13. The van der Waals surface area contributed by atoms with Crippen LogP contribution < -0.4 is 15.8 Å². The van der Waals surface area contributed by atoms with Crippen molar-refractivity contribution < 1.29 is 14.3 Å². The zero-order valence-electron chi connectivity index (χ0n) is 10.6. The van der Waals surface area contributed by atoms with Gasteiger partial charge in [0.05, 0.1) is 12.8 Å². The fourth-order valence-corrected chi connectivity index (χ4v) is 1.41. The van der Waals surface area contributed by atoms with Crippen LogP contribution in [-0.2, 0) is 9.53 Å². The van der Waals surface area contributed by atoms with Gasteiger partial charge >= 0.3 is 0 Å². The number of nitrogens with two attached hydrogens (primary N) is 1. The summed E-state index contributed by atoms with van der Waals surface area (Å²) in [5.74, 6) is 0.550. The van der Waals surface area contributed by atoms with Crippen molar-refractivity contribution in [2.75, 3.05) is 31.9 Å². The molecule has 0 heterocycles. The van der Waals surface area contributed by atoms with E-state index in [4.69, 9.17) is 15.2 Å². The lowest BCUT2D eigenvalue weighted by Gasteiger charge is -2.08. The highest BCUT2D eigenvalue weighted by Crippen LogP contribution is 2.24. The first-order chi connectivity index (χ1) is 8.17. The van der Waals surface area contributed by atoms with Crippen molar-refractivity contribution in [1.82, 2.24) is 0 Å².